The quantitative estimate of drug-likeness (QED) is 0.0887. The van der Waals surface area contributed by atoms with E-state index in [2.05, 4.69) is 30.6 Å². The number of imidazole rings is 2. The van der Waals surface area contributed by atoms with E-state index >= 15 is 0 Å². The standard InChI is InChI=1S/C32H22F6N6O2S2/c33-31(34,35)21-13-17(39-27(45)15-47-29-41-23-5-1-2-6-24(23)42-29)9-11-19(21)20-12-10-18(14-22(20)32(36,37)38)40-28(46)16-48-30-43-25-7-3-4-8-26(25)44-30/h1-14H,15-16H2,(H,39,45)(H,40,46)(H,41,42)(H,43,44). The molecule has 0 aliphatic heterocycles. The smallest absolute Gasteiger partial charge is 0.333 e. The van der Waals surface area contributed by atoms with Crippen LogP contribution in [0.3, 0.4) is 0 Å². The number of benzene rings is 4. The van der Waals surface area contributed by atoms with Crippen LogP contribution in [0.25, 0.3) is 33.2 Å². The molecule has 0 fully saturated rings. The number of alkyl halides is 6. The van der Waals surface area contributed by atoms with E-state index in [1.165, 1.54) is 0 Å². The van der Waals surface area contributed by atoms with Crippen LogP contribution in [0.15, 0.2) is 95.2 Å². The lowest BCUT2D eigenvalue weighted by molar-refractivity contribution is -0.139. The molecule has 2 heterocycles. The number of hydrogen-bond acceptors (Lipinski definition) is 6. The lowest BCUT2D eigenvalue weighted by atomic mass is 9.93. The van der Waals surface area contributed by atoms with Crippen LogP contribution < -0.4 is 10.6 Å². The third-order valence-corrected chi connectivity index (χ3v) is 8.67. The number of fused-ring (bicyclic) bond motifs is 2. The Morgan fingerprint density at radius 2 is 1.00 bits per heavy atom. The molecular weight excluding hydrogens is 679 g/mol. The van der Waals surface area contributed by atoms with Crippen molar-refractivity contribution in [2.45, 2.75) is 22.7 Å². The van der Waals surface area contributed by atoms with Crippen molar-refractivity contribution in [2.24, 2.45) is 0 Å². The molecule has 0 atom stereocenters. The number of amides is 2. The molecule has 0 radical (unpaired) electrons. The lowest BCUT2D eigenvalue weighted by Crippen LogP contribution is -2.17. The van der Waals surface area contributed by atoms with Gasteiger partial charge < -0.3 is 20.6 Å². The zero-order chi connectivity index (χ0) is 34.1. The van der Waals surface area contributed by atoms with Gasteiger partial charge >= 0.3 is 12.4 Å². The number of aromatic amines is 2. The van der Waals surface area contributed by atoms with Gasteiger partial charge in [0.1, 0.15) is 0 Å². The Kier molecular flexibility index (Phi) is 9.11. The predicted octanol–water partition coefficient (Wildman–Crippen LogP) is 8.61. The van der Waals surface area contributed by atoms with Crippen molar-refractivity contribution in [3.05, 3.63) is 96.1 Å². The molecule has 2 aromatic heterocycles. The maximum absolute atomic E-state index is 14.2. The largest absolute Gasteiger partial charge is 0.417 e. The Hall–Kier alpha value is -4.96. The fourth-order valence-electron chi connectivity index (χ4n) is 4.84. The highest BCUT2D eigenvalue weighted by molar-refractivity contribution is 8.00. The molecule has 8 nitrogen and oxygen atoms in total. The minimum absolute atomic E-state index is 0.189. The number of nitrogens with one attached hydrogen (secondary N) is 4. The van der Waals surface area contributed by atoms with Crippen LogP contribution >= 0.6 is 23.5 Å². The van der Waals surface area contributed by atoms with Gasteiger partial charge in [0.25, 0.3) is 0 Å². The van der Waals surface area contributed by atoms with Crippen molar-refractivity contribution >= 4 is 68.8 Å². The number of anilines is 2. The molecule has 4 N–H and O–H groups in total. The van der Waals surface area contributed by atoms with Gasteiger partial charge in [0.2, 0.25) is 11.8 Å². The number of aromatic nitrogens is 4. The number of hydrogen-bond donors (Lipinski definition) is 4. The van der Waals surface area contributed by atoms with Gasteiger partial charge in [0.15, 0.2) is 10.3 Å². The van der Waals surface area contributed by atoms with Gasteiger partial charge in [-0.15, -0.1) is 0 Å². The van der Waals surface area contributed by atoms with E-state index in [-0.39, 0.29) is 22.9 Å². The molecule has 2 amide bonds. The van der Waals surface area contributed by atoms with E-state index in [0.717, 1.165) is 58.8 Å². The summed E-state index contributed by atoms with van der Waals surface area (Å²) in [7, 11) is 0. The van der Waals surface area contributed by atoms with Crippen LogP contribution in [0, 0.1) is 0 Å². The predicted molar refractivity (Wildman–Crippen MR) is 173 cm³/mol. The Labute approximate surface area is 276 Å². The first-order valence-corrected chi connectivity index (χ1v) is 16.0. The molecule has 0 saturated carbocycles. The van der Waals surface area contributed by atoms with E-state index in [1.54, 1.807) is 48.5 Å². The zero-order valence-electron chi connectivity index (χ0n) is 24.3. The molecule has 4 aromatic carbocycles. The summed E-state index contributed by atoms with van der Waals surface area (Å²) in [5.74, 6) is -1.66. The molecule has 6 rings (SSSR count). The highest BCUT2D eigenvalue weighted by Crippen LogP contribution is 2.44. The van der Waals surface area contributed by atoms with Crippen LogP contribution in [0.5, 0.6) is 0 Å². The first-order chi connectivity index (χ1) is 22.8. The van der Waals surface area contributed by atoms with E-state index in [9.17, 15) is 35.9 Å². The van der Waals surface area contributed by atoms with Gasteiger partial charge in [-0.2, -0.15) is 26.3 Å². The van der Waals surface area contributed by atoms with Crippen molar-refractivity contribution in [2.75, 3.05) is 22.1 Å². The molecule has 16 heteroatoms. The summed E-state index contributed by atoms with van der Waals surface area (Å²) in [6.45, 7) is 0. The monoisotopic (exact) mass is 700 g/mol. The highest BCUT2D eigenvalue weighted by Gasteiger charge is 2.39. The maximum Gasteiger partial charge on any atom is 0.417 e. The van der Waals surface area contributed by atoms with Gasteiger partial charge in [-0.3, -0.25) is 9.59 Å². The number of thioether (sulfide) groups is 2. The summed E-state index contributed by atoms with van der Waals surface area (Å²) < 4.78 is 85.3. The molecule has 0 aliphatic rings. The molecule has 246 valence electrons. The average Bonchev–Trinajstić information content (AvgIpc) is 3.66. The number of carbonyl (C=O) groups excluding carboxylic acids is 2. The lowest BCUT2D eigenvalue weighted by Gasteiger charge is -2.19. The molecule has 0 unspecified atom stereocenters. The zero-order valence-corrected chi connectivity index (χ0v) is 25.9. The van der Waals surface area contributed by atoms with Crippen LogP contribution in [0.2, 0.25) is 0 Å². The molecule has 0 aliphatic carbocycles. The second-order valence-corrected chi connectivity index (χ2v) is 12.2. The van der Waals surface area contributed by atoms with Crippen molar-refractivity contribution in [1.82, 2.24) is 19.9 Å². The molecule has 0 spiro atoms. The summed E-state index contributed by atoms with van der Waals surface area (Å²) in [6, 6.07) is 19.4. The number of halogens is 6. The Morgan fingerprint density at radius 3 is 1.38 bits per heavy atom. The summed E-state index contributed by atoms with van der Waals surface area (Å²) in [5.41, 5.74) is -1.90. The van der Waals surface area contributed by atoms with Crippen LogP contribution in [-0.2, 0) is 21.9 Å². The van der Waals surface area contributed by atoms with Gasteiger partial charge in [0.05, 0.1) is 44.7 Å². The van der Waals surface area contributed by atoms with Crippen molar-refractivity contribution < 1.29 is 35.9 Å². The Balaban J connectivity index is 1.18. The third kappa shape index (κ3) is 7.60. The number of H-pyrrole nitrogens is 2. The minimum Gasteiger partial charge on any atom is -0.333 e. The van der Waals surface area contributed by atoms with E-state index in [1.807, 2.05) is 0 Å². The first-order valence-electron chi connectivity index (χ1n) is 14.0. The van der Waals surface area contributed by atoms with Crippen LogP contribution in [-0.4, -0.2) is 43.3 Å². The van der Waals surface area contributed by atoms with Crippen LogP contribution in [0.4, 0.5) is 37.7 Å². The first kappa shape index (κ1) is 33.0. The average molecular weight is 701 g/mol. The van der Waals surface area contributed by atoms with Gasteiger partial charge in [0, 0.05) is 11.4 Å². The van der Waals surface area contributed by atoms with E-state index in [4.69, 9.17) is 0 Å². The second kappa shape index (κ2) is 13.3. The summed E-state index contributed by atoms with van der Waals surface area (Å²) in [5, 5.41) is 5.59. The number of para-hydroxylation sites is 4. The number of nitrogens with zero attached hydrogens (tertiary/aromatic N) is 2. The minimum atomic E-state index is -5.07. The van der Waals surface area contributed by atoms with Crippen molar-refractivity contribution in [1.29, 1.82) is 0 Å². The molecule has 0 bridgehead atoms. The fraction of sp³-hybridized carbons (Fsp3) is 0.125. The summed E-state index contributed by atoms with van der Waals surface area (Å²) >= 11 is 2.07. The topological polar surface area (TPSA) is 116 Å². The Morgan fingerprint density at radius 1 is 0.604 bits per heavy atom. The normalized spacial score (nSPS) is 12.0. The van der Waals surface area contributed by atoms with Gasteiger partial charge in [-0.05, 0) is 59.7 Å². The SMILES string of the molecule is O=C(CSc1nc2ccccc2[nH]1)Nc1ccc(-c2ccc(NC(=O)CSc3nc4ccccc4[nH]3)cc2C(F)(F)F)c(C(F)(F)F)c1. The number of carbonyl (C=O) groups is 2. The Bertz CT molecular complexity index is 1930. The summed E-state index contributed by atoms with van der Waals surface area (Å²) in [4.78, 5) is 39.8. The highest BCUT2D eigenvalue weighted by atomic mass is 32.2. The molecule has 6 aromatic rings. The summed E-state index contributed by atoms with van der Waals surface area (Å²) in [6.07, 6.45) is -10.1. The second-order valence-electron chi connectivity index (χ2n) is 10.3. The molecule has 48 heavy (non-hydrogen) atoms. The molecular formula is C32H22F6N6O2S2. The van der Waals surface area contributed by atoms with Gasteiger partial charge in [-0.25, -0.2) is 9.97 Å². The fourth-order valence-corrected chi connectivity index (χ4v) is 6.21. The van der Waals surface area contributed by atoms with E-state index in [0.29, 0.717) is 33.5 Å². The number of rotatable bonds is 9. The third-order valence-electron chi connectivity index (χ3n) is 6.92. The van der Waals surface area contributed by atoms with Crippen molar-refractivity contribution in [3.63, 3.8) is 0 Å². The van der Waals surface area contributed by atoms with Gasteiger partial charge in [-0.1, -0.05) is 59.9 Å². The van der Waals surface area contributed by atoms with Crippen LogP contribution in [0.1, 0.15) is 11.1 Å². The molecule has 0 saturated heterocycles. The van der Waals surface area contributed by atoms with Crippen molar-refractivity contribution in [3.8, 4) is 11.1 Å². The maximum atomic E-state index is 14.2. The van der Waals surface area contributed by atoms with E-state index < -0.39 is 46.4 Å².